The summed E-state index contributed by atoms with van der Waals surface area (Å²) in [6.07, 6.45) is 2.58. The fourth-order valence-corrected chi connectivity index (χ4v) is 1.16. The maximum Gasteiger partial charge on any atom is 0.311 e. The van der Waals surface area contributed by atoms with Gasteiger partial charge in [-0.2, -0.15) is 0 Å². The van der Waals surface area contributed by atoms with E-state index < -0.39 is 0 Å². The van der Waals surface area contributed by atoms with Crippen molar-refractivity contribution >= 4 is 0 Å². The molecule has 0 unspecified atom stereocenters. The van der Waals surface area contributed by atoms with E-state index in [0.717, 1.165) is 18.2 Å². The van der Waals surface area contributed by atoms with Crippen LogP contribution in [-0.2, 0) is 5.41 Å². The Bertz CT molecular complexity index is 307. The third-order valence-corrected chi connectivity index (χ3v) is 2.42. The predicted octanol–water partition coefficient (Wildman–Crippen LogP) is 2.76. The van der Waals surface area contributed by atoms with Gasteiger partial charge < -0.3 is 9.26 Å². The Morgan fingerprint density at radius 3 is 2.71 bits per heavy atom. The lowest BCUT2D eigenvalue weighted by molar-refractivity contribution is 0.203. The molecule has 1 heterocycles. The van der Waals surface area contributed by atoms with Crippen molar-refractivity contribution in [1.29, 1.82) is 0 Å². The molecule has 3 nitrogen and oxygen atoms in total. The summed E-state index contributed by atoms with van der Waals surface area (Å²) in [5, 5.41) is 3.99. The summed E-state index contributed by atoms with van der Waals surface area (Å²) in [6, 6.07) is 1.89. The van der Waals surface area contributed by atoms with E-state index in [0.29, 0.717) is 5.95 Å². The Labute approximate surface area is 84.4 Å². The Morgan fingerprint density at radius 2 is 2.21 bits per heavy atom. The molecule has 1 saturated carbocycles. The van der Waals surface area contributed by atoms with Crippen LogP contribution in [0.4, 0.5) is 0 Å². The minimum atomic E-state index is 0.0324. The highest BCUT2D eigenvalue weighted by molar-refractivity contribution is 5.17. The molecule has 1 fully saturated rings. The SMILES string of the molecule is CC(C)(C)c1cc(OCC2CC2)on1. The van der Waals surface area contributed by atoms with E-state index in [9.17, 15) is 0 Å². The molecule has 1 aliphatic rings. The van der Waals surface area contributed by atoms with Gasteiger partial charge in [-0.15, -0.1) is 0 Å². The third-order valence-electron chi connectivity index (χ3n) is 2.42. The van der Waals surface area contributed by atoms with Gasteiger partial charge in [0.1, 0.15) is 0 Å². The first kappa shape index (κ1) is 9.56. The summed E-state index contributed by atoms with van der Waals surface area (Å²) in [7, 11) is 0. The second-order valence-electron chi connectivity index (χ2n) is 5.04. The van der Waals surface area contributed by atoms with Crippen LogP contribution in [0.2, 0.25) is 0 Å². The molecule has 0 saturated heterocycles. The average Bonchev–Trinajstić information content (AvgIpc) is 2.77. The van der Waals surface area contributed by atoms with Gasteiger partial charge in [0.25, 0.3) is 0 Å². The zero-order valence-corrected chi connectivity index (χ0v) is 9.04. The molecular weight excluding hydrogens is 178 g/mol. The highest BCUT2D eigenvalue weighted by atomic mass is 16.6. The van der Waals surface area contributed by atoms with E-state index in [1.165, 1.54) is 12.8 Å². The van der Waals surface area contributed by atoms with Crippen molar-refractivity contribution < 1.29 is 9.26 Å². The second-order valence-corrected chi connectivity index (χ2v) is 5.04. The lowest BCUT2D eigenvalue weighted by Crippen LogP contribution is -2.10. The molecule has 78 valence electrons. The number of aromatic nitrogens is 1. The fraction of sp³-hybridized carbons (Fsp3) is 0.727. The van der Waals surface area contributed by atoms with Crippen molar-refractivity contribution in [1.82, 2.24) is 5.16 Å². The predicted molar refractivity (Wildman–Crippen MR) is 53.4 cm³/mol. The second kappa shape index (κ2) is 3.30. The zero-order valence-electron chi connectivity index (χ0n) is 9.04. The van der Waals surface area contributed by atoms with Crippen LogP contribution in [0.1, 0.15) is 39.3 Å². The molecule has 1 aliphatic carbocycles. The molecule has 0 radical (unpaired) electrons. The number of hydrogen-bond donors (Lipinski definition) is 0. The smallest absolute Gasteiger partial charge is 0.311 e. The lowest BCUT2D eigenvalue weighted by atomic mass is 9.93. The van der Waals surface area contributed by atoms with E-state index in [4.69, 9.17) is 9.26 Å². The van der Waals surface area contributed by atoms with Gasteiger partial charge in [-0.25, -0.2) is 0 Å². The summed E-state index contributed by atoms with van der Waals surface area (Å²) in [6.45, 7) is 7.10. The normalized spacial score (nSPS) is 17.1. The number of nitrogens with zero attached hydrogens (tertiary/aromatic N) is 1. The Morgan fingerprint density at radius 1 is 1.50 bits per heavy atom. The van der Waals surface area contributed by atoms with Crippen molar-refractivity contribution in [2.45, 2.75) is 39.0 Å². The minimum Gasteiger partial charge on any atom is -0.463 e. The highest BCUT2D eigenvalue weighted by Crippen LogP contribution is 2.30. The summed E-state index contributed by atoms with van der Waals surface area (Å²) in [4.78, 5) is 0. The molecule has 2 rings (SSSR count). The molecular formula is C11H17NO2. The molecule has 3 heteroatoms. The average molecular weight is 195 g/mol. The van der Waals surface area contributed by atoms with E-state index in [1.807, 2.05) is 6.07 Å². The first-order valence-electron chi connectivity index (χ1n) is 5.16. The summed E-state index contributed by atoms with van der Waals surface area (Å²) in [5.41, 5.74) is 0.980. The van der Waals surface area contributed by atoms with E-state index in [-0.39, 0.29) is 5.41 Å². The number of ether oxygens (including phenoxy) is 1. The molecule has 0 amide bonds. The van der Waals surface area contributed by atoms with Crippen LogP contribution in [0.25, 0.3) is 0 Å². The van der Waals surface area contributed by atoms with Gasteiger partial charge in [-0.1, -0.05) is 25.9 Å². The molecule has 0 N–H and O–H groups in total. The highest BCUT2D eigenvalue weighted by Gasteiger charge is 2.24. The Hall–Kier alpha value is -0.990. The fourth-order valence-electron chi connectivity index (χ4n) is 1.16. The molecule has 0 aromatic carbocycles. The topological polar surface area (TPSA) is 35.3 Å². The van der Waals surface area contributed by atoms with Gasteiger partial charge >= 0.3 is 5.95 Å². The maximum absolute atomic E-state index is 5.48. The zero-order chi connectivity index (χ0) is 10.2. The van der Waals surface area contributed by atoms with Crippen LogP contribution >= 0.6 is 0 Å². The first-order chi connectivity index (χ1) is 6.55. The van der Waals surface area contributed by atoms with Gasteiger partial charge in [-0.3, -0.25) is 0 Å². The van der Waals surface area contributed by atoms with Crippen molar-refractivity contribution in [3.05, 3.63) is 11.8 Å². The van der Waals surface area contributed by atoms with Crippen LogP contribution in [0.3, 0.4) is 0 Å². The van der Waals surface area contributed by atoms with Crippen molar-refractivity contribution in [2.75, 3.05) is 6.61 Å². The Kier molecular flexibility index (Phi) is 2.25. The van der Waals surface area contributed by atoms with Crippen LogP contribution in [0.15, 0.2) is 10.6 Å². The third kappa shape index (κ3) is 2.28. The number of rotatable bonds is 3. The quantitative estimate of drug-likeness (QED) is 0.743. The van der Waals surface area contributed by atoms with E-state index in [2.05, 4.69) is 25.9 Å². The minimum absolute atomic E-state index is 0.0324. The van der Waals surface area contributed by atoms with Crippen LogP contribution in [0, 0.1) is 5.92 Å². The Balaban J connectivity index is 1.94. The largest absolute Gasteiger partial charge is 0.463 e. The standard InChI is InChI=1S/C11H17NO2/c1-11(2,3)9-6-10(14-12-9)13-7-8-4-5-8/h6,8H,4-5,7H2,1-3H3. The number of hydrogen-bond acceptors (Lipinski definition) is 3. The monoisotopic (exact) mass is 195 g/mol. The molecule has 0 bridgehead atoms. The molecule has 14 heavy (non-hydrogen) atoms. The van der Waals surface area contributed by atoms with Crippen molar-refractivity contribution in [3.8, 4) is 5.95 Å². The van der Waals surface area contributed by atoms with Gasteiger partial charge in [-0.05, 0) is 18.8 Å². The van der Waals surface area contributed by atoms with Gasteiger partial charge in [0.05, 0.1) is 12.3 Å². The van der Waals surface area contributed by atoms with E-state index in [1.54, 1.807) is 0 Å². The van der Waals surface area contributed by atoms with E-state index >= 15 is 0 Å². The van der Waals surface area contributed by atoms with Crippen LogP contribution in [0.5, 0.6) is 5.95 Å². The van der Waals surface area contributed by atoms with Crippen LogP contribution in [-0.4, -0.2) is 11.8 Å². The molecule has 0 atom stereocenters. The summed E-state index contributed by atoms with van der Waals surface area (Å²) >= 11 is 0. The maximum atomic E-state index is 5.48. The van der Waals surface area contributed by atoms with Crippen LogP contribution < -0.4 is 4.74 Å². The molecule has 1 aromatic heterocycles. The van der Waals surface area contributed by atoms with Crippen molar-refractivity contribution in [2.24, 2.45) is 5.92 Å². The first-order valence-corrected chi connectivity index (χ1v) is 5.16. The molecule has 0 spiro atoms. The molecule has 0 aliphatic heterocycles. The van der Waals surface area contributed by atoms with Gasteiger partial charge in [0.15, 0.2) is 0 Å². The van der Waals surface area contributed by atoms with Gasteiger partial charge in [0, 0.05) is 11.5 Å². The summed E-state index contributed by atoms with van der Waals surface area (Å²) in [5.74, 6) is 1.31. The lowest BCUT2D eigenvalue weighted by Gasteiger charge is -2.12. The molecule has 1 aromatic rings. The van der Waals surface area contributed by atoms with Crippen molar-refractivity contribution in [3.63, 3.8) is 0 Å². The van der Waals surface area contributed by atoms with Gasteiger partial charge in [0.2, 0.25) is 0 Å². The summed E-state index contributed by atoms with van der Waals surface area (Å²) < 4.78 is 10.6.